The van der Waals surface area contributed by atoms with E-state index in [1.807, 2.05) is 12.1 Å². The largest absolute Gasteiger partial charge is 0.467 e. The molecule has 0 bridgehead atoms. The minimum Gasteiger partial charge on any atom is -0.467 e. The topological polar surface area (TPSA) is 54.7 Å². The van der Waals surface area contributed by atoms with Crippen molar-refractivity contribution >= 4 is 5.91 Å². The van der Waals surface area contributed by atoms with Gasteiger partial charge in [0.2, 0.25) is 5.91 Å². The molecule has 5 heteroatoms. The van der Waals surface area contributed by atoms with Crippen molar-refractivity contribution in [2.75, 3.05) is 6.54 Å². The highest BCUT2D eigenvalue weighted by molar-refractivity contribution is 5.80. The van der Waals surface area contributed by atoms with Crippen LogP contribution in [0.4, 0.5) is 0 Å². The fraction of sp³-hybridized carbons (Fsp3) is 0.706. The third kappa shape index (κ3) is 2.68. The monoisotopic (exact) mass is 304 g/mol. The van der Waals surface area contributed by atoms with Gasteiger partial charge >= 0.3 is 0 Å². The summed E-state index contributed by atoms with van der Waals surface area (Å²) in [4.78, 5) is 14.9. The summed E-state index contributed by atoms with van der Waals surface area (Å²) >= 11 is 0. The molecule has 1 N–H and O–H groups in total. The fourth-order valence-electron chi connectivity index (χ4n) is 4.03. The van der Waals surface area contributed by atoms with Gasteiger partial charge in [-0.1, -0.05) is 6.42 Å². The Bertz CT molecular complexity index is 512. The van der Waals surface area contributed by atoms with Gasteiger partial charge < -0.3 is 14.5 Å². The normalized spacial score (nSPS) is 32.5. The summed E-state index contributed by atoms with van der Waals surface area (Å²) < 4.78 is 11.3. The van der Waals surface area contributed by atoms with Gasteiger partial charge in [0.15, 0.2) is 0 Å². The minimum atomic E-state index is -0.294. The Morgan fingerprint density at radius 2 is 2.18 bits per heavy atom. The second kappa shape index (κ2) is 6.05. The maximum absolute atomic E-state index is 12.3. The van der Waals surface area contributed by atoms with E-state index >= 15 is 0 Å². The molecule has 5 nitrogen and oxygen atoms in total. The first kappa shape index (κ1) is 14.3. The van der Waals surface area contributed by atoms with E-state index in [-0.39, 0.29) is 18.1 Å². The molecule has 2 saturated heterocycles. The Kier molecular flexibility index (Phi) is 3.92. The van der Waals surface area contributed by atoms with Crippen molar-refractivity contribution in [3.8, 4) is 0 Å². The number of carbonyl (C=O) groups is 1. The van der Waals surface area contributed by atoms with Crippen LogP contribution in [0.1, 0.15) is 44.3 Å². The standard InChI is InChI=1S/C17H24N2O3/c20-17(18-11-13-5-2-10-21-13)16-7-6-14-15(22-16)8-9-19(14)12-3-1-4-12/h2,5,10,12,14-16H,1,3-4,6-9,11H2,(H,18,20)/t14-,15-,16-/m1/s1. The van der Waals surface area contributed by atoms with Crippen LogP contribution >= 0.6 is 0 Å². The lowest BCUT2D eigenvalue weighted by Gasteiger charge is -2.42. The SMILES string of the molecule is O=C(NCc1ccco1)[C@H]1CC[C@@H]2[C@@H](CCN2C2CCC2)O1. The van der Waals surface area contributed by atoms with Gasteiger partial charge in [-0.05, 0) is 44.2 Å². The van der Waals surface area contributed by atoms with Crippen LogP contribution in [0.2, 0.25) is 0 Å². The maximum Gasteiger partial charge on any atom is 0.249 e. The molecule has 3 heterocycles. The van der Waals surface area contributed by atoms with E-state index < -0.39 is 0 Å². The molecule has 22 heavy (non-hydrogen) atoms. The number of rotatable bonds is 4. The molecule has 4 rings (SSSR count). The lowest BCUT2D eigenvalue weighted by Crippen LogP contribution is -2.51. The van der Waals surface area contributed by atoms with Crippen molar-refractivity contribution < 1.29 is 13.9 Å². The second-order valence-electron chi connectivity index (χ2n) is 6.72. The van der Waals surface area contributed by atoms with E-state index in [9.17, 15) is 4.79 Å². The Morgan fingerprint density at radius 3 is 2.91 bits per heavy atom. The zero-order valence-corrected chi connectivity index (χ0v) is 12.9. The number of fused-ring (bicyclic) bond motifs is 1. The highest BCUT2D eigenvalue weighted by Gasteiger charge is 2.44. The molecular weight excluding hydrogens is 280 g/mol. The molecular formula is C17H24N2O3. The number of nitrogens with one attached hydrogen (secondary N) is 1. The first-order chi connectivity index (χ1) is 10.8. The van der Waals surface area contributed by atoms with Crippen molar-refractivity contribution in [2.45, 2.75) is 69.4 Å². The Balaban J connectivity index is 1.29. The van der Waals surface area contributed by atoms with E-state index in [0.717, 1.165) is 37.6 Å². The number of amides is 1. The second-order valence-corrected chi connectivity index (χ2v) is 6.72. The minimum absolute atomic E-state index is 0.00283. The molecule has 1 aromatic rings. The van der Waals surface area contributed by atoms with E-state index in [2.05, 4.69) is 10.2 Å². The number of hydrogen-bond donors (Lipinski definition) is 1. The van der Waals surface area contributed by atoms with Crippen molar-refractivity contribution in [3.05, 3.63) is 24.2 Å². The van der Waals surface area contributed by atoms with Crippen LogP contribution in [0.15, 0.2) is 22.8 Å². The predicted octanol–water partition coefficient (Wildman–Crippen LogP) is 2.07. The molecule has 3 fully saturated rings. The Labute approximate surface area is 131 Å². The summed E-state index contributed by atoms with van der Waals surface area (Å²) in [7, 11) is 0. The molecule has 3 atom stereocenters. The lowest BCUT2D eigenvalue weighted by molar-refractivity contribution is -0.145. The van der Waals surface area contributed by atoms with Crippen LogP contribution in [0.3, 0.4) is 0 Å². The molecule has 1 saturated carbocycles. The highest BCUT2D eigenvalue weighted by Crippen LogP contribution is 2.37. The van der Waals surface area contributed by atoms with Gasteiger partial charge in [-0.25, -0.2) is 0 Å². The van der Waals surface area contributed by atoms with Crippen LogP contribution in [0.25, 0.3) is 0 Å². The zero-order chi connectivity index (χ0) is 14.9. The maximum atomic E-state index is 12.3. The molecule has 1 aliphatic carbocycles. The number of hydrogen-bond acceptors (Lipinski definition) is 4. The van der Waals surface area contributed by atoms with E-state index in [4.69, 9.17) is 9.15 Å². The number of carbonyl (C=O) groups excluding carboxylic acids is 1. The van der Waals surface area contributed by atoms with Gasteiger partial charge in [-0.2, -0.15) is 0 Å². The fourth-order valence-corrected chi connectivity index (χ4v) is 4.03. The highest BCUT2D eigenvalue weighted by atomic mass is 16.5. The predicted molar refractivity (Wildman–Crippen MR) is 81.2 cm³/mol. The molecule has 120 valence electrons. The summed E-state index contributed by atoms with van der Waals surface area (Å²) in [6, 6.07) is 5.02. The van der Waals surface area contributed by atoms with Crippen LogP contribution in [0.5, 0.6) is 0 Å². The first-order valence-electron chi connectivity index (χ1n) is 8.52. The summed E-state index contributed by atoms with van der Waals surface area (Å²) in [6.45, 7) is 1.58. The number of ether oxygens (including phenoxy) is 1. The third-order valence-electron chi connectivity index (χ3n) is 5.44. The van der Waals surface area contributed by atoms with Gasteiger partial charge in [-0.15, -0.1) is 0 Å². The molecule has 0 unspecified atom stereocenters. The van der Waals surface area contributed by atoms with Gasteiger partial charge in [0, 0.05) is 18.6 Å². The molecule has 2 aliphatic heterocycles. The third-order valence-corrected chi connectivity index (χ3v) is 5.44. The van der Waals surface area contributed by atoms with Gasteiger partial charge in [-0.3, -0.25) is 9.69 Å². The van der Waals surface area contributed by atoms with E-state index in [1.54, 1.807) is 6.26 Å². The van der Waals surface area contributed by atoms with Crippen LogP contribution in [0, 0.1) is 0 Å². The van der Waals surface area contributed by atoms with Gasteiger partial charge in [0.25, 0.3) is 0 Å². The number of nitrogens with zero attached hydrogens (tertiary/aromatic N) is 1. The molecule has 1 aromatic heterocycles. The molecule has 1 amide bonds. The molecule has 0 radical (unpaired) electrons. The van der Waals surface area contributed by atoms with Crippen LogP contribution in [-0.4, -0.2) is 41.6 Å². The van der Waals surface area contributed by atoms with E-state index in [1.165, 1.54) is 19.3 Å². The van der Waals surface area contributed by atoms with Crippen LogP contribution < -0.4 is 5.32 Å². The number of likely N-dealkylation sites (tertiary alicyclic amines) is 1. The molecule has 0 aromatic carbocycles. The molecule has 0 spiro atoms. The van der Waals surface area contributed by atoms with Gasteiger partial charge in [0.1, 0.15) is 11.9 Å². The van der Waals surface area contributed by atoms with Gasteiger partial charge in [0.05, 0.1) is 18.9 Å². The molecule has 3 aliphatic rings. The quantitative estimate of drug-likeness (QED) is 0.925. The summed E-state index contributed by atoms with van der Waals surface area (Å²) in [6.07, 6.45) is 8.61. The average Bonchev–Trinajstić information content (AvgIpc) is 3.12. The number of furan rings is 1. The average molecular weight is 304 g/mol. The smallest absolute Gasteiger partial charge is 0.249 e. The van der Waals surface area contributed by atoms with Crippen molar-refractivity contribution in [2.24, 2.45) is 0 Å². The zero-order valence-electron chi connectivity index (χ0n) is 12.9. The van der Waals surface area contributed by atoms with Crippen molar-refractivity contribution in [1.29, 1.82) is 0 Å². The summed E-state index contributed by atoms with van der Waals surface area (Å²) in [5.41, 5.74) is 0. The van der Waals surface area contributed by atoms with Crippen molar-refractivity contribution in [3.63, 3.8) is 0 Å². The first-order valence-corrected chi connectivity index (χ1v) is 8.52. The van der Waals surface area contributed by atoms with Crippen molar-refractivity contribution in [1.82, 2.24) is 10.2 Å². The van der Waals surface area contributed by atoms with Crippen LogP contribution in [-0.2, 0) is 16.1 Å². The van der Waals surface area contributed by atoms with E-state index in [0.29, 0.717) is 12.6 Å². The Hall–Kier alpha value is -1.33. The summed E-state index contributed by atoms with van der Waals surface area (Å²) in [5, 5.41) is 2.92. The summed E-state index contributed by atoms with van der Waals surface area (Å²) in [5.74, 6) is 0.774. The lowest BCUT2D eigenvalue weighted by atomic mass is 9.89. The Morgan fingerprint density at radius 1 is 1.27 bits per heavy atom.